The van der Waals surface area contributed by atoms with Crippen LogP contribution in [0.1, 0.15) is 103 Å². The van der Waals surface area contributed by atoms with E-state index in [0.29, 0.717) is 6.42 Å². The zero-order valence-corrected chi connectivity index (χ0v) is 33.2. The molecule has 1 rings (SSSR count). The molecule has 1 saturated carbocycles. The highest BCUT2D eigenvalue weighted by atomic mass is 31.2. The summed E-state index contributed by atoms with van der Waals surface area (Å²) in [5, 5.41) is 21.0. The van der Waals surface area contributed by atoms with E-state index in [1.807, 2.05) is 11.8 Å². The van der Waals surface area contributed by atoms with Crippen LogP contribution >= 0.6 is 23.5 Å². The predicted octanol–water partition coefficient (Wildman–Crippen LogP) is 3.15. The molecule has 7 atom stereocenters. The lowest BCUT2D eigenvalue weighted by Gasteiger charge is -2.41. The monoisotopic (exact) mass is 840 g/mol. The minimum atomic E-state index is -5.51. The number of carbonyl (C=O) groups excluding carboxylic acids is 2. The average molecular weight is 841 g/mol. The molecule has 0 spiro atoms. The second-order valence-electron chi connectivity index (χ2n) is 12.4. The molecule has 1 aliphatic carbocycles. The number of phosphoric acid groups is 3. The summed E-state index contributed by atoms with van der Waals surface area (Å²) in [6.45, 7) is 0.542. The lowest BCUT2D eigenvalue weighted by Crippen LogP contribution is -2.57. The van der Waals surface area contributed by atoms with Crippen LogP contribution < -0.4 is 0 Å². The normalized spacial score (nSPS) is 21.2. The van der Waals surface area contributed by atoms with Crippen LogP contribution in [0.4, 0.5) is 0 Å². The number of unbranched alkanes of at least 4 members (excludes halogenated alkanes) is 12. The summed E-state index contributed by atoms with van der Waals surface area (Å²) < 4.78 is 64.5. The Balaban J connectivity index is 2.83. The van der Waals surface area contributed by atoms with Crippen molar-refractivity contribution in [1.29, 1.82) is 0 Å². The van der Waals surface area contributed by atoms with Gasteiger partial charge in [-0.25, -0.2) is 18.5 Å². The smallest absolute Gasteiger partial charge is 0.456 e. The fraction of sp³-hybridized carbons (Fsp3) is 0.706. The molecule has 0 amide bonds. The SMILES string of the molecule is C#CC#CC#CC#CC(=O)OC[C@H](COP(=O)(O)OC1CC(O)[C@H](OP(=O)(O)O)[C@@H](OP(=O)(O)O)C1O)OC(=O)CCCCCCCCCCCCCCC. The van der Waals surface area contributed by atoms with Crippen molar-refractivity contribution >= 4 is 35.4 Å². The van der Waals surface area contributed by atoms with Crippen molar-refractivity contribution in [3.05, 3.63) is 0 Å². The highest BCUT2D eigenvalue weighted by molar-refractivity contribution is 7.47. The number of hydrogen-bond donors (Lipinski definition) is 7. The second-order valence-corrected chi connectivity index (χ2v) is 16.2. The van der Waals surface area contributed by atoms with Crippen molar-refractivity contribution in [2.75, 3.05) is 13.2 Å². The Hall–Kier alpha value is -2.57. The van der Waals surface area contributed by atoms with E-state index in [-0.39, 0.29) is 6.42 Å². The van der Waals surface area contributed by atoms with Crippen molar-refractivity contribution in [3.63, 3.8) is 0 Å². The number of ether oxygens (including phenoxy) is 2. The standard InChI is InChI=1S/C34H51O18P3/c1-3-5-7-9-11-12-13-14-15-16-17-19-21-23-31(37)49-27(25-47-30(36)22-20-18-10-8-6-4-2)26-48-55(45,46)50-29-24-28(35)33(51-53(39,40)41)34(32(29)38)52-54(42,43)44/h2,27-29,32-35,38H,3,5,7,9,11-17,19,21,23-26H2,1H3,(H,45,46)(H2,39,40,41)(H2,42,43,44)/t27-,28?,29?,32?,33+,34+/m1/s1. The largest absolute Gasteiger partial charge is 0.472 e. The van der Waals surface area contributed by atoms with Crippen LogP contribution in [-0.4, -0.2) is 96.5 Å². The molecule has 310 valence electrons. The number of carbonyl (C=O) groups is 2. The molecule has 21 heteroatoms. The van der Waals surface area contributed by atoms with E-state index >= 15 is 0 Å². The number of phosphoric ester groups is 3. The van der Waals surface area contributed by atoms with Gasteiger partial charge in [-0.05, 0) is 41.9 Å². The molecule has 1 fully saturated rings. The van der Waals surface area contributed by atoms with Gasteiger partial charge in [0.05, 0.1) is 12.7 Å². The number of hydrogen-bond acceptors (Lipinski definition) is 13. The Kier molecular flexibility index (Phi) is 24.9. The average Bonchev–Trinajstić information content (AvgIpc) is 3.08. The first-order valence-electron chi connectivity index (χ1n) is 17.7. The Morgan fingerprint density at radius 2 is 1.22 bits per heavy atom. The van der Waals surface area contributed by atoms with Crippen molar-refractivity contribution in [2.24, 2.45) is 0 Å². The van der Waals surface area contributed by atoms with Gasteiger partial charge in [0, 0.05) is 18.8 Å². The quantitative estimate of drug-likeness (QED) is 0.0216. The first kappa shape index (κ1) is 50.4. The summed E-state index contributed by atoms with van der Waals surface area (Å²) >= 11 is 0. The van der Waals surface area contributed by atoms with Crippen LogP contribution in [0.15, 0.2) is 0 Å². The highest BCUT2D eigenvalue weighted by Gasteiger charge is 2.52. The molecule has 55 heavy (non-hydrogen) atoms. The lowest BCUT2D eigenvalue weighted by atomic mass is 9.87. The van der Waals surface area contributed by atoms with Gasteiger partial charge in [-0.1, -0.05) is 84.0 Å². The number of terminal acetylenes is 1. The van der Waals surface area contributed by atoms with Gasteiger partial charge in [0.2, 0.25) is 0 Å². The van der Waals surface area contributed by atoms with E-state index in [4.69, 9.17) is 34.7 Å². The third-order valence-corrected chi connectivity index (χ3v) is 9.82. The number of aliphatic hydroxyl groups is 2. The van der Waals surface area contributed by atoms with Crippen molar-refractivity contribution < 1.29 is 85.5 Å². The fourth-order valence-corrected chi connectivity index (χ4v) is 7.36. The summed E-state index contributed by atoms with van der Waals surface area (Å²) in [5.74, 6) is 13.3. The molecule has 0 bridgehead atoms. The fourth-order valence-electron chi connectivity index (χ4n) is 5.26. The summed E-state index contributed by atoms with van der Waals surface area (Å²) in [4.78, 5) is 71.9. The van der Waals surface area contributed by atoms with E-state index in [2.05, 4.69) is 45.6 Å². The maximum Gasteiger partial charge on any atom is 0.472 e. The van der Waals surface area contributed by atoms with Crippen LogP contribution in [0, 0.1) is 47.9 Å². The van der Waals surface area contributed by atoms with E-state index in [1.165, 1.54) is 44.9 Å². The molecular weight excluding hydrogens is 789 g/mol. The number of rotatable bonds is 26. The van der Waals surface area contributed by atoms with Gasteiger partial charge < -0.3 is 44.2 Å². The van der Waals surface area contributed by atoms with Gasteiger partial charge in [-0.2, -0.15) is 0 Å². The maximum atomic E-state index is 12.9. The van der Waals surface area contributed by atoms with E-state index in [9.17, 15) is 48.2 Å². The molecule has 0 radical (unpaired) electrons. The van der Waals surface area contributed by atoms with Crippen LogP contribution in [0.2, 0.25) is 0 Å². The summed E-state index contributed by atoms with van der Waals surface area (Å²) in [7, 11) is -16.2. The third kappa shape index (κ3) is 25.3. The van der Waals surface area contributed by atoms with E-state index in [0.717, 1.165) is 32.1 Å². The van der Waals surface area contributed by atoms with Gasteiger partial charge in [-0.3, -0.25) is 22.9 Å². The molecule has 0 saturated heterocycles. The van der Waals surface area contributed by atoms with Gasteiger partial charge in [0.15, 0.2) is 6.10 Å². The van der Waals surface area contributed by atoms with Gasteiger partial charge >= 0.3 is 35.4 Å². The minimum absolute atomic E-state index is 0.0332. The summed E-state index contributed by atoms with van der Waals surface area (Å²) in [6, 6.07) is 0. The van der Waals surface area contributed by atoms with E-state index in [1.54, 1.807) is 0 Å². The molecule has 0 aromatic rings. The zero-order valence-electron chi connectivity index (χ0n) is 30.5. The third-order valence-electron chi connectivity index (χ3n) is 7.77. The first-order valence-corrected chi connectivity index (χ1v) is 22.3. The minimum Gasteiger partial charge on any atom is -0.456 e. The molecular formula is C34H51O18P3. The Morgan fingerprint density at radius 1 is 0.709 bits per heavy atom. The number of aliphatic hydroxyl groups excluding tert-OH is 2. The zero-order chi connectivity index (χ0) is 41.3. The van der Waals surface area contributed by atoms with Crippen molar-refractivity contribution in [3.8, 4) is 47.9 Å². The molecule has 1 aliphatic rings. The van der Waals surface area contributed by atoms with Crippen LogP contribution in [-0.2, 0) is 50.9 Å². The van der Waals surface area contributed by atoms with Crippen LogP contribution in [0.5, 0.6) is 0 Å². The lowest BCUT2D eigenvalue weighted by molar-refractivity contribution is -0.167. The van der Waals surface area contributed by atoms with Gasteiger partial charge in [-0.15, -0.1) is 6.42 Å². The van der Waals surface area contributed by atoms with Crippen LogP contribution in [0.25, 0.3) is 0 Å². The Bertz CT molecular complexity index is 1570. The summed E-state index contributed by atoms with van der Waals surface area (Å²) in [6.07, 6.45) is 5.72. The molecule has 0 heterocycles. The molecule has 0 aromatic carbocycles. The molecule has 18 nitrogen and oxygen atoms in total. The second kappa shape index (κ2) is 27.1. The van der Waals surface area contributed by atoms with Gasteiger partial charge in [0.25, 0.3) is 0 Å². The van der Waals surface area contributed by atoms with Gasteiger partial charge in [0.1, 0.15) is 31.0 Å². The molecule has 0 aliphatic heterocycles. The Labute approximate surface area is 321 Å². The molecule has 4 unspecified atom stereocenters. The van der Waals surface area contributed by atoms with E-state index < -0.39 is 91.7 Å². The molecule has 0 aromatic heterocycles. The maximum absolute atomic E-state index is 12.9. The number of esters is 2. The highest BCUT2D eigenvalue weighted by Crippen LogP contribution is 2.51. The first-order chi connectivity index (χ1) is 25.9. The van der Waals surface area contributed by atoms with Crippen LogP contribution in [0.3, 0.4) is 0 Å². The predicted molar refractivity (Wildman–Crippen MR) is 194 cm³/mol. The summed E-state index contributed by atoms with van der Waals surface area (Å²) in [5.41, 5.74) is 0. The Morgan fingerprint density at radius 3 is 1.76 bits per heavy atom. The molecule has 7 N–H and O–H groups in total. The van der Waals surface area contributed by atoms with Crippen molar-refractivity contribution in [2.45, 2.75) is 140 Å². The topological polar surface area (TPSA) is 282 Å². The van der Waals surface area contributed by atoms with Crippen molar-refractivity contribution in [1.82, 2.24) is 0 Å².